The standard InChI is InChI=1S/C12H13IN4O2/c13-10-2-3-11(12(8-10)17(18)19)15-4-1-6-16-7-5-14-9-16/h2-3,5,7-9,15H,1,4,6H2. The van der Waals surface area contributed by atoms with Gasteiger partial charge in [-0.25, -0.2) is 4.98 Å². The minimum atomic E-state index is -0.361. The molecule has 0 fully saturated rings. The Bertz CT molecular complexity index is 557. The summed E-state index contributed by atoms with van der Waals surface area (Å²) in [6.07, 6.45) is 6.26. The lowest BCUT2D eigenvalue weighted by molar-refractivity contribution is -0.384. The van der Waals surface area contributed by atoms with Crippen molar-refractivity contribution in [1.82, 2.24) is 9.55 Å². The van der Waals surface area contributed by atoms with Crippen molar-refractivity contribution in [2.45, 2.75) is 13.0 Å². The summed E-state index contributed by atoms with van der Waals surface area (Å²) in [7, 11) is 0. The zero-order valence-electron chi connectivity index (χ0n) is 10.1. The summed E-state index contributed by atoms with van der Waals surface area (Å²) >= 11 is 2.07. The number of nitrogens with zero attached hydrogens (tertiary/aromatic N) is 3. The highest BCUT2D eigenvalue weighted by molar-refractivity contribution is 14.1. The van der Waals surface area contributed by atoms with Crippen LogP contribution >= 0.6 is 22.6 Å². The van der Waals surface area contributed by atoms with Crippen LogP contribution in [0, 0.1) is 13.7 Å². The van der Waals surface area contributed by atoms with E-state index in [4.69, 9.17) is 0 Å². The molecule has 1 heterocycles. The third-order valence-corrected chi connectivity index (χ3v) is 3.30. The highest BCUT2D eigenvalue weighted by atomic mass is 127. The van der Waals surface area contributed by atoms with Gasteiger partial charge in [0.25, 0.3) is 5.69 Å². The Morgan fingerprint density at radius 2 is 2.32 bits per heavy atom. The number of imidazole rings is 1. The van der Waals surface area contributed by atoms with Gasteiger partial charge >= 0.3 is 0 Å². The Morgan fingerprint density at radius 1 is 1.47 bits per heavy atom. The first-order valence-electron chi connectivity index (χ1n) is 5.80. The third kappa shape index (κ3) is 3.91. The number of nitro groups is 1. The number of hydrogen-bond acceptors (Lipinski definition) is 4. The summed E-state index contributed by atoms with van der Waals surface area (Å²) < 4.78 is 2.83. The van der Waals surface area contributed by atoms with Gasteiger partial charge in [0.15, 0.2) is 0 Å². The van der Waals surface area contributed by atoms with Crippen LogP contribution in [0.1, 0.15) is 6.42 Å². The van der Waals surface area contributed by atoms with Crippen LogP contribution in [-0.2, 0) is 6.54 Å². The Hall–Kier alpha value is -1.64. The number of benzene rings is 1. The maximum atomic E-state index is 10.9. The second-order valence-electron chi connectivity index (χ2n) is 4.00. The van der Waals surface area contributed by atoms with E-state index in [0.29, 0.717) is 12.2 Å². The van der Waals surface area contributed by atoms with E-state index in [0.717, 1.165) is 16.5 Å². The van der Waals surface area contributed by atoms with Gasteiger partial charge < -0.3 is 9.88 Å². The Labute approximate surface area is 124 Å². The van der Waals surface area contributed by atoms with Crippen molar-refractivity contribution in [1.29, 1.82) is 0 Å². The lowest BCUT2D eigenvalue weighted by Gasteiger charge is -2.07. The van der Waals surface area contributed by atoms with E-state index in [2.05, 4.69) is 32.9 Å². The third-order valence-electron chi connectivity index (χ3n) is 2.62. The summed E-state index contributed by atoms with van der Waals surface area (Å²) in [5, 5.41) is 14.0. The topological polar surface area (TPSA) is 73.0 Å². The first-order chi connectivity index (χ1) is 9.16. The van der Waals surface area contributed by atoms with Crippen LogP contribution in [0.15, 0.2) is 36.9 Å². The molecule has 0 spiro atoms. The van der Waals surface area contributed by atoms with Crippen molar-refractivity contribution in [3.05, 3.63) is 50.6 Å². The predicted octanol–water partition coefficient (Wildman–Crippen LogP) is 2.90. The van der Waals surface area contributed by atoms with Crippen LogP contribution in [0.25, 0.3) is 0 Å². The van der Waals surface area contributed by atoms with Gasteiger partial charge in [-0.2, -0.15) is 0 Å². The normalized spacial score (nSPS) is 10.4. The first kappa shape index (κ1) is 13.8. The molecule has 0 saturated heterocycles. The van der Waals surface area contributed by atoms with E-state index >= 15 is 0 Å². The number of halogens is 1. The van der Waals surface area contributed by atoms with Crippen molar-refractivity contribution in [3.63, 3.8) is 0 Å². The molecule has 0 aliphatic rings. The first-order valence-corrected chi connectivity index (χ1v) is 6.88. The van der Waals surface area contributed by atoms with Gasteiger partial charge in [0, 0.05) is 35.1 Å². The van der Waals surface area contributed by atoms with Crippen LogP contribution in [0.2, 0.25) is 0 Å². The molecule has 0 radical (unpaired) electrons. The molecule has 2 aromatic rings. The summed E-state index contributed by atoms with van der Waals surface area (Å²) in [5.41, 5.74) is 0.686. The van der Waals surface area contributed by atoms with Crippen molar-refractivity contribution in [2.75, 3.05) is 11.9 Å². The molecular weight excluding hydrogens is 359 g/mol. The van der Waals surface area contributed by atoms with Gasteiger partial charge in [0.1, 0.15) is 5.69 Å². The number of hydrogen-bond donors (Lipinski definition) is 1. The molecule has 1 aromatic heterocycles. The fraction of sp³-hybridized carbons (Fsp3) is 0.250. The molecule has 0 amide bonds. The maximum Gasteiger partial charge on any atom is 0.293 e. The largest absolute Gasteiger partial charge is 0.379 e. The summed E-state index contributed by atoms with van der Waals surface area (Å²) in [6, 6.07) is 5.17. The lowest BCUT2D eigenvalue weighted by atomic mass is 10.2. The monoisotopic (exact) mass is 372 g/mol. The van der Waals surface area contributed by atoms with Crippen LogP contribution in [0.5, 0.6) is 0 Å². The average Bonchev–Trinajstić information content (AvgIpc) is 2.89. The maximum absolute atomic E-state index is 10.9. The second kappa shape index (κ2) is 6.50. The summed E-state index contributed by atoms with van der Waals surface area (Å²) in [5.74, 6) is 0. The molecule has 100 valence electrons. The van der Waals surface area contributed by atoms with Crippen LogP contribution in [0.3, 0.4) is 0 Å². The van der Waals surface area contributed by atoms with Crippen LogP contribution in [-0.4, -0.2) is 21.0 Å². The zero-order valence-corrected chi connectivity index (χ0v) is 12.3. The van der Waals surface area contributed by atoms with E-state index in [-0.39, 0.29) is 10.6 Å². The average molecular weight is 372 g/mol. The van der Waals surface area contributed by atoms with E-state index in [1.54, 1.807) is 24.7 Å². The number of aryl methyl sites for hydroxylation is 1. The number of nitrogens with one attached hydrogen (secondary N) is 1. The van der Waals surface area contributed by atoms with E-state index in [9.17, 15) is 10.1 Å². The quantitative estimate of drug-likeness (QED) is 0.366. The molecule has 2 rings (SSSR count). The minimum Gasteiger partial charge on any atom is -0.379 e. The van der Waals surface area contributed by atoms with Crippen molar-refractivity contribution >= 4 is 34.0 Å². The Morgan fingerprint density at radius 3 is 3.00 bits per heavy atom. The van der Waals surface area contributed by atoms with Gasteiger partial charge in [0.2, 0.25) is 0 Å². The van der Waals surface area contributed by atoms with Gasteiger partial charge in [-0.15, -0.1) is 0 Å². The van der Waals surface area contributed by atoms with Crippen molar-refractivity contribution in [2.24, 2.45) is 0 Å². The molecule has 1 N–H and O–H groups in total. The summed E-state index contributed by atoms with van der Waals surface area (Å²) in [6.45, 7) is 1.52. The number of anilines is 1. The van der Waals surface area contributed by atoms with Gasteiger partial charge in [-0.3, -0.25) is 10.1 Å². The van der Waals surface area contributed by atoms with Crippen molar-refractivity contribution in [3.8, 4) is 0 Å². The molecule has 19 heavy (non-hydrogen) atoms. The highest BCUT2D eigenvalue weighted by Gasteiger charge is 2.13. The van der Waals surface area contributed by atoms with E-state index < -0.39 is 0 Å². The molecule has 0 aliphatic carbocycles. The van der Waals surface area contributed by atoms with Crippen molar-refractivity contribution < 1.29 is 4.92 Å². The van der Waals surface area contributed by atoms with Gasteiger partial charge in [0.05, 0.1) is 11.3 Å². The SMILES string of the molecule is O=[N+]([O-])c1cc(I)ccc1NCCCn1ccnc1. The molecule has 1 aromatic carbocycles. The van der Waals surface area contributed by atoms with Gasteiger partial charge in [-0.05, 0) is 41.1 Å². The number of nitro benzene ring substituents is 1. The minimum absolute atomic E-state index is 0.120. The Kier molecular flexibility index (Phi) is 4.72. The molecule has 7 heteroatoms. The molecule has 0 atom stereocenters. The molecule has 0 unspecified atom stereocenters. The number of rotatable bonds is 6. The van der Waals surface area contributed by atoms with Crippen LogP contribution < -0.4 is 5.32 Å². The second-order valence-corrected chi connectivity index (χ2v) is 5.25. The number of aromatic nitrogens is 2. The lowest BCUT2D eigenvalue weighted by Crippen LogP contribution is -2.07. The fourth-order valence-electron chi connectivity index (χ4n) is 1.71. The molecule has 0 bridgehead atoms. The highest BCUT2D eigenvalue weighted by Crippen LogP contribution is 2.26. The van der Waals surface area contributed by atoms with E-state index in [1.165, 1.54) is 0 Å². The van der Waals surface area contributed by atoms with Crippen LogP contribution in [0.4, 0.5) is 11.4 Å². The Balaban J connectivity index is 1.90. The van der Waals surface area contributed by atoms with E-state index in [1.807, 2.05) is 16.8 Å². The molecule has 6 nitrogen and oxygen atoms in total. The molecule has 0 aliphatic heterocycles. The zero-order chi connectivity index (χ0) is 13.7. The van der Waals surface area contributed by atoms with Gasteiger partial charge in [-0.1, -0.05) is 0 Å². The smallest absolute Gasteiger partial charge is 0.293 e. The summed E-state index contributed by atoms with van der Waals surface area (Å²) in [4.78, 5) is 14.5. The molecule has 0 saturated carbocycles. The predicted molar refractivity (Wildman–Crippen MR) is 81.1 cm³/mol. The fourth-order valence-corrected chi connectivity index (χ4v) is 2.18. The molecular formula is C12H13IN4O2.